The highest BCUT2D eigenvalue weighted by molar-refractivity contribution is 5.01. The molecule has 0 spiro atoms. The second kappa shape index (κ2) is 34.0. The molecule has 0 aliphatic heterocycles. The molecule has 0 aromatic rings. The van der Waals surface area contributed by atoms with Crippen LogP contribution in [0.2, 0.25) is 0 Å². The average molecular weight is 1230 g/mol. The van der Waals surface area contributed by atoms with Gasteiger partial charge in [-0.3, -0.25) is 0 Å². The lowest BCUT2D eigenvalue weighted by Gasteiger charge is -2.49. The average Bonchev–Trinajstić information content (AvgIpc) is 2.44. The largest absolute Gasteiger partial charge is 0.0651 e. The van der Waals surface area contributed by atoms with Crippen molar-refractivity contribution >= 4 is 0 Å². The van der Waals surface area contributed by atoms with Crippen LogP contribution in [-0.4, -0.2) is 0 Å². The molecule has 0 heterocycles. The van der Waals surface area contributed by atoms with Crippen LogP contribution in [0.25, 0.3) is 0 Å². The van der Waals surface area contributed by atoms with Gasteiger partial charge in [0.25, 0.3) is 0 Å². The van der Waals surface area contributed by atoms with Crippen LogP contribution >= 0.6 is 0 Å². The maximum atomic E-state index is 2.49. The zero-order valence-electron chi connectivity index (χ0n) is 63.6. The molecule has 0 N–H and O–H groups in total. The Morgan fingerprint density at radius 3 is 0.933 bits per heavy atom. The minimum atomic E-state index is 0.670. The first kappa shape index (κ1) is 73.3. The van der Waals surface area contributed by atoms with Crippen molar-refractivity contribution in [1.82, 2.24) is 0 Å². The lowest BCUT2D eigenvalue weighted by atomic mass is 9.57. The Morgan fingerprint density at radius 1 is 0.281 bits per heavy atom. The van der Waals surface area contributed by atoms with Crippen LogP contribution in [0, 0.1) is 170 Å². The van der Waals surface area contributed by atoms with E-state index in [1.54, 1.807) is 89.9 Å². The molecular weight excluding hydrogens is 1070 g/mol. The van der Waals surface area contributed by atoms with Crippen LogP contribution in [0.1, 0.15) is 393 Å². The van der Waals surface area contributed by atoms with E-state index in [1.165, 1.54) is 193 Å². The van der Waals surface area contributed by atoms with Crippen molar-refractivity contribution in [2.45, 2.75) is 393 Å². The summed E-state index contributed by atoms with van der Waals surface area (Å²) in [5, 5.41) is 0. The molecular formula is C89H162. The second-order valence-electron chi connectivity index (χ2n) is 39.4. The molecule has 0 aromatic carbocycles. The third-order valence-corrected chi connectivity index (χ3v) is 34.5. The first-order chi connectivity index (χ1) is 42.6. The maximum absolute atomic E-state index is 2.49. The Balaban J connectivity index is 0.000000118. The van der Waals surface area contributed by atoms with Gasteiger partial charge < -0.3 is 0 Å². The topological polar surface area (TPSA) is 0 Å². The minimum absolute atomic E-state index is 0.670. The van der Waals surface area contributed by atoms with E-state index >= 15 is 0 Å². The lowest BCUT2D eigenvalue weighted by molar-refractivity contribution is 0.0209. The first-order valence-corrected chi connectivity index (χ1v) is 42.6. The normalized spacial score (nSPS) is 47.7. The Hall–Kier alpha value is 0. The highest BCUT2D eigenvalue weighted by Crippen LogP contribution is 2.60. The van der Waals surface area contributed by atoms with Crippen LogP contribution in [0.4, 0.5) is 0 Å². The molecule has 89 heavy (non-hydrogen) atoms. The Kier molecular flexibility index (Phi) is 28.0. The summed E-state index contributed by atoms with van der Waals surface area (Å²) in [5.74, 6) is 28.3. The van der Waals surface area contributed by atoms with Gasteiger partial charge in [0.1, 0.15) is 0 Å². The molecule has 0 heteroatoms. The van der Waals surface area contributed by atoms with Gasteiger partial charge in [0.15, 0.2) is 0 Å². The summed E-state index contributed by atoms with van der Waals surface area (Å²) in [7, 11) is 0. The Bertz CT molecular complexity index is 1900. The van der Waals surface area contributed by atoms with E-state index in [0.717, 1.165) is 165 Å². The molecule has 21 fully saturated rings. The lowest BCUT2D eigenvalue weighted by Crippen LogP contribution is -2.38. The van der Waals surface area contributed by atoms with E-state index in [9.17, 15) is 0 Å². The zero-order valence-corrected chi connectivity index (χ0v) is 63.6. The van der Waals surface area contributed by atoms with E-state index in [4.69, 9.17) is 0 Å². The monoisotopic (exact) mass is 1230 g/mol. The van der Waals surface area contributed by atoms with Crippen molar-refractivity contribution in [2.24, 2.45) is 170 Å². The molecule has 21 rings (SSSR count). The number of hydrogen-bond acceptors (Lipinski definition) is 0. The standard InChI is InChI=1S/3C10H18.4C9H16.C8H14.C8H16.C7H14/c1-7-8-4-5-9(6-8)10(7,2)3;1-8-7-9-3-5-10(8,2)6-4-9;1-7-8(2)10-5-3-9(7)4-6-10;1-7-5-8-3-4-9(7,2)6-8;1-6-7(2)9-4-3-8(6)5-9;1-7-6-8-2-4-9(7)5-3-8;1-2-8-5-7-3-4-9(8)6-7;1-6-4-7-2-3-8(6)5-7;1-2-8-6-4-3-5-7-8;1-2-7-5-3-4-6-7/h7-9H,4-6H2,1-3H3;8-9H,3-7H2,1-2H3;7-10H,3-6H2,1-2H3;7-8H,3-6H2,1-2H3;6-9H,3-5H2,1-2H3;2*7-9H,2-6H2,1H3;6-8H,2-5H2,1H3;8H,2-7H2,1H3;7H,2-6H2,1H3/t7-,8?,9?;8-,9?,10?;7-,8?,9?,10?;7-,8?,9?;6-,7?,8?,9?;7-,8?,9?;;6-,7?,8?;;/m100000.0../s1. The van der Waals surface area contributed by atoms with Crippen LogP contribution in [-0.2, 0) is 0 Å². The predicted molar refractivity (Wildman–Crippen MR) is 392 cm³/mol. The molecule has 13 unspecified atom stereocenters. The van der Waals surface area contributed by atoms with Crippen molar-refractivity contribution in [3.8, 4) is 0 Å². The molecule has 518 valence electrons. The van der Waals surface area contributed by atoms with Gasteiger partial charge >= 0.3 is 0 Å². The predicted octanol–water partition coefficient (Wildman–Crippen LogP) is 28.6. The van der Waals surface area contributed by atoms with Gasteiger partial charge in [-0.05, 0) is 350 Å². The molecule has 20 atom stereocenters. The molecule has 21 aliphatic rings. The summed E-state index contributed by atoms with van der Waals surface area (Å²) in [4.78, 5) is 0. The molecule has 0 radical (unpaired) electrons. The minimum Gasteiger partial charge on any atom is -0.0651 e. The fourth-order valence-corrected chi connectivity index (χ4v) is 25.9. The highest BCUT2D eigenvalue weighted by atomic mass is 14.6. The summed E-state index contributed by atoms with van der Waals surface area (Å²) in [5.41, 5.74) is 2.18. The van der Waals surface area contributed by atoms with Gasteiger partial charge in [0.05, 0.1) is 0 Å². The van der Waals surface area contributed by atoms with Crippen molar-refractivity contribution in [2.75, 3.05) is 0 Å². The molecule has 0 saturated heterocycles. The molecule has 16 bridgehead atoms. The Morgan fingerprint density at radius 2 is 0.685 bits per heavy atom. The number of fused-ring (bicyclic) bond motifs is 19. The van der Waals surface area contributed by atoms with Gasteiger partial charge in [0.2, 0.25) is 0 Å². The summed E-state index contributed by atoms with van der Waals surface area (Å²) in [6.45, 7) is 38.8. The van der Waals surface area contributed by atoms with Gasteiger partial charge in [-0.1, -0.05) is 214 Å². The summed E-state index contributed by atoms with van der Waals surface area (Å²) < 4.78 is 0. The SMILES string of the molecule is CC1C2CCC(C2)[C@H]1C.CC1C2CCC(CC2)[C@H]1C.CCC1CC2CCC1C2.CCC1CCCC1.CCC1CCCCC1.C[C@@H]1C2CCC(C2)C1(C)C.C[C@H]1CC2CCC1(C)C2.C[C@H]1CC2CCC1(C)CC2.C[C@H]1CC2CCC1C2.C[C@H]1CC2CCC1CC2. The van der Waals surface area contributed by atoms with Gasteiger partial charge in [-0.25, -0.2) is 0 Å². The molecule has 0 aromatic heterocycles. The zero-order chi connectivity index (χ0) is 63.6. The third-order valence-electron chi connectivity index (χ3n) is 34.5. The summed E-state index contributed by atoms with van der Waals surface area (Å²) >= 11 is 0. The molecule has 21 saturated carbocycles. The van der Waals surface area contributed by atoms with E-state index in [-0.39, 0.29) is 0 Å². The summed E-state index contributed by atoms with van der Waals surface area (Å²) in [6.07, 6.45) is 67.1. The van der Waals surface area contributed by atoms with Crippen LogP contribution < -0.4 is 0 Å². The third kappa shape index (κ3) is 19.2. The number of hydrogen-bond donors (Lipinski definition) is 0. The van der Waals surface area contributed by atoms with Gasteiger partial charge in [-0.2, -0.15) is 0 Å². The smallest absolute Gasteiger partial charge is 0.0297 e. The van der Waals surface area contributed by atoms with Crippen molar-refractivity contribution in [3.05, 3.63) is 0 Å². The molecule has 21 aliphatic carbocycles. The summed E-state index contributed by atoms with van der Waals surface area (Å²) in [6, 6.07) is 0. The van der Waals surface area contributed by atoms with Gasteiger partial charge in [0, 0.05) is 0 Å². The van der Waals surface area contributed by atoms with E-state index < -0.39 is 0 Å². The van der Waals surface area contributed by atoms with Crippen molar-refractivity contribution in [3.63, 3.8) is 0 Å². The molecule has 0 amide bonds. The first-order valence-electron chi connectivity index (χ1n) is 42.6. The number of rotatable bonds is 3. The van der Waals surface area contributed by atoms with Crippen molar-refractivity contribution in [1.29, 1.82) is 0 Å². The van der Waals surface area contributed by atoms with E-state index in [0.29, 0.717) is 5.41 Å². The quantitative estimate of drug-likeness (QED) is 0.264. The maximum Gasteiger partial charge on any atom is -0.0297 e. The molecule has 0 nitrogen and oxygen atoms in total. The van der Waals surface area contributed by atoms with Crippen LogP contribution in [0.5, 0.6) is 0 Å². The Labute approximate surface area is 560 Å². The second-order valence-corrected chi connectivity index (χ2v) is 39.4. The van der Waals surface area contributed by atoms with E-state index in [1.807, 2.05) is 0 Å². The van der Waals surface area contributed by atoms with E-state index in [2.05, 4.69) is 111 Å². The van der Waals surface area contributed by atoms with Crippen LogP contribution in [0.15, 0.2) is 0 Å². The highest BCUT2D eigenvalue weighted by Gasteiger charge is 2.51. The van der Waals surface area contributed by atoms with Gasteiger partial charge in [-0.15, -0.1) is 0 Å². The van der Waals surface area contributed by atoms with Crippen molar-refractivity contribution < 1.29 is 0 Å². The fourth-order valence-electron chi connectivity index (χ4n) is 25.9. The fraction of sp³-hybridized carbons (Fsp3) is 1.00. The van der Waals surface area contributed by atoms with Crippen LogP contribution in [0.3, 0.4) is 0 Å².